The summed E-state index contributed by atoms with van der Waals surface area (Å²) in [4.78, 5) is 24.5. The van der Waals surface area contributed by atoms with E-state index in [1.807, 2.05) is 25.9 Å². The van der Waals surface area contributed by atoms with Crippen molar-refractivity contribution in [3.05, 3.63) is 40.4 Å². The maximum absolute atomic E-state index is 11.5. The van der Waals surface area contributed by atoms with E-state index in [-0.39, 0.29) is 5.56 Å². The molecule has 0 aromatic carbocycles. The van der Waals surface area contributed by atoms with Gasteiger partial charge in [0.1, 0.15) is 11.5 Å². The van der Waals surface area contributed by atoms with Crippen molar-refractivity contribution in [1.29, 1.82) is 0 Å². The number of aromatic amines is 1. The van der Waals surface area contributed by atoms with Crippen LogP contribution in [0.15, 0.2) is 29.3 Å². The highest BCUT2D eigenvalue weighted by Crippen LogP contribution is 2.16. The van der Waals surface area contributed by atoms with Gasteiger partial charge in [-0.25, -0.2) is 4.98 Å². The molecular weight excluding hydrogens is 230 g/mol. The SMILES string of the molecule is Cc1cnc(Nc2ccc[nH]c2=O)nc1N(C)C. The third-order valence-corrected chi connectivity index (χ3v) is 2.43. The van der Waals surface area contributed by atoms with Gasteiger partial charge in [0.25, 0.3) is 5.56 Å². The quantitative estimate of drug-likeness (QED) is 0.852. The van der Waals surface area contributed by atoms with Gasteiger partial charge in [0.15, 0.2) is 0 Å². The van der Waals surface area contributed by atoms with E-state index in [1.165, 1.54) is 0 Å². The van der Waals surface area contributed by atoms with Gasteiger partial charge in [-0.05, 0) is 19.1 Å². The first-order valence-corrected chi connectivity index (χ1v) is 5.53. The van der Waals surface area contributed by atoms with E-state index >= 15 is 0 Å². The molecule has 2 rings (SSSR count). The van der Waals surface area contributed by atoms with E-state index in [1.54, 1.807) is 24.5 Å². The minimum atomic E-state index is -0.201. The second-order valence-electron chi connectivity index (χ2n) is 4.13. The zero-order valence-corrected chi connectivity index (χ0v) is 10.6. The standard InChI is InChI=1S/C12H15N5O/c1-8-7-14-12(16-10(8)17(2)3)15-9-5-4-6-13-11(9)18/h4-7H,1-3H3,(H,13,18)(H,14,15,16). The van der Waals surface area contributed by atoms with Crippen molar-refractivity contribution in [2.75, 3.05) is 24.3 Å². The van der Waals surface area contributed by atoms with Crippen LogP contribution in [0.2, 0.25) is 0 Å². The molecule has 0 radical (unpaired) electrons. The summed E-state index contributed by atoms with van der Waals surface area (Å²) >= 11 is 0. The summed E-state index contributed by atoms with van der Waals surface area (Å²) in [6.07, 6.45) is 3.30. The fourth-order valence-electron chi connectivity index (χ4n) is 1.59. The minimum absolute atomic E-state index is 0.201. The highest BCUT2D eigenvalue weighted by molar-refractivity contribution is 5.55. The third-order valence-electron chi connectivity index (χ3n) is 2.43. The molecule has 2 heterocycles. The second kappa shape index (κ2) is 4.87. The van der Waals surface area contributed by atoms with Gasteiger partial charge in [0.05, 0.1) is 0 Å². The number of aryl methyl sites for hydroxylation is 1. The van der Waals surface area contributed by atoms with Crippen molar-refractivity contribution in [2.45, 2.75) is 6.92 Å². The third kappa shape index (κ3) is 2.48. The molecule has 0 saturated heterocycles. The van der Waals surface area contributed by atoms with Gasteiger partial charge >= 0.3 is 0 Å². The fraction of sp³-hybridized carbons (Fsp3) is 0.250. The zero-order chi connectivity index (χ0) is 13.1. The molecule has 0 saturated carbocycles. The van der Waals surface area contributed by atoms with Gasteiger partial charge in [-0.15, -0.1) is 0 Å². The monoisotopic (exact) mass is 245 g/mol. The first-order valence-electron chi connectivity index (χ1n) is 5.53. The topological polar surface area (TPSA) is 73.9 Å². The molecule has 0 fully saturated rings. The molecule has 6 nitrogen and oxygen atoms in total. The Morgan fingerprint density at radius 3 is 2.83 bits per heavy atom. The van der Waals surface area contributed by atoms with Crippen molar-refractivity contribution in [2.24, 2.45) is 0 Å². The average Bonchev–Trinajstić information content (AvgIpc) is 2.34. The van der Waals surface area contributed by atoms with E-state index in [4.69, 9.17) is 0 Å². The molecule has 6 heteroatoms. The van der Waals surface area contributed by atoms with Crippen LogP contribution in [-0.4, -0.2) is 29.0 Å². The lowest BCUT2D eigenvalue weighted by atomic mass is 10.3. The molecule has 0 aliphatic heterocycles. The highest BCUT2D eigenvalue weighted by Gasteiger charge is 2.07. The zero-order valence-electron chi connectivity index (χ0n) is 10.6. The van der Waals surface area contributed by atoms with Gasteiger partial charge in [0.2, 0.25) is 5.95 Å². The molecule has 2 aromatic heterocycles. The lowest BCUT2D eigenvalue weighted by Crippen LogP contribution is -2.15. The number of nitrogens with one attached hydrogen (secondary N) is 2. The Labute approximate surface area is 105 Å². The Kier molecular flexibility index (Phi) is 3.27. The summed E-state index contributed by atoms with van der Waals surface area (Å²) < 4.78 is 0. The molecule has 94 valence electrons. The van der Waals surface area contributed by atoms with Gasteiger partial charge < -0.3 is 15.2 Å². The summed E-state index contributed by atoms with van der Waals surface area (Å²) in [7, 11) is 3.82. The van der Waals surface area contributed by atoms with Gasteiger partial charge in [-0.2, -0.15) is 4.98 Å². The molecule has 0 bridgehead atoms. The van der Waals surface area contributed by atoms with E-state index in [0.29, 0.717) is 11.6 Å². The molecule has 0 unspecified atom stereocenters. The van der Waals surface area contributed by atoms with E-state index < -0.39 is 0 Å². The van der Waals surface area contributed by atoms with Crippen LogP contribution in [0.5, 0.6) is 0 Å². The number of H-pyrrole nitrogens is 1. The molecule has 18 heavy (non-hydrogen) atoms. The number of rotatable bonds is 3. The van der Waals surface area contributed by atoms with Crippen molar-refractivity contribution in [3.8, 4) is 0 Å². The van der Waals surface area contributed by atoms with Crippen LogP contribution in [0.4, 0.5) is 17.5 Å². The summed E-state index contributed by atoms with van der Waals surface area (Å²) in [5.74, 6) is 1.22. The maximum Gasteiger partial charge on any atom is 0.271 e. The molecule has 0 amide bonds. The summed E-state index contributed by atoms with van der Waals surface area (Å²) in [6.45, 7) is 1.94. The predicted octanol–water partition coefficient (Wildman–Crippen LogP) is 1.28. The summed E-state index contributed by atoms with van der Waals surface area (Å²) in [5.41, 5.74) is 1.20. The minimum Gasteiger partial charge on any atom is -0.362 e. The average molecular weight is 245 g/mol. The van der Waals surface area contributed by atoms with Gasteiger partial charge in [-0.1, -0.05) is 0 Å². The van der Waals surface area contributed by atoms with Crippen LogP contribution in [0.3, 0.4) is 0 Å². The second-order valence-corrected chi connectivity index (χ2v) is 4.13. The van der Waals surface area contributed by atoms with Crippen LogP contribution in [0.25, 0.3) is 0 Å². The molecular formula is C12H15N5O. The van der Waals surface area contributed by atoms with Crippen LogP contribution < -0.4 is 15.8 Å². The van der Waals surface area contributed by atoms with Crippen molar-refractivity contribution in [3.63, 3.8) is 0 Å². The molecule has 0 aliphatic carbocycles. The van der Waals surface area contributed by atoms with Gasteiger partial charge in [-0.3, -0.25) is 4.79 Å². The maximum atomic E-state index is 11.5. The summed E-state index contributed by atoms with van der Waals surface area (Å²) in [6, 6.07) is 3.42. The Morgan fingerprint density at radius 1 is 1.39 bits per heavy atom. The number of hydrogen-bond donors (Lipinski definition) is 2. The van der Waals surface area contributed by atoms with Crippen LogP contribution in [0, 0.1) is 6.92 Å². The number of pyridine rings is 1. The lowest BCUT2D eigenvalue weighted by Gasteiger charge is -2.14. The van der Waals surface area contributed by atoms with E-state index in [2.05, 4.69) is 20.3 Å². The van der Waals surface area contributed by atoms with Crippen LogP contribution in [0.1, 0.15) is 5.56 Å². The molecule has 0 aliphatic rings. The smallest absolute Gasteiger partial charge is 0.271 e. The molecule has 2 aromatic rings. The van der Waals surface area contributed by atoms with Crippen LogP contribution in [-0.2, 0) is 0 Å². The Bertz CT molecular complexity index is 605. The van der Waals surface area contributed by atoms with Crippen molar-refractivity contribution in [1.82, 2.24) is 15.0 Å². The van der Waals surface area contributed by atoms with E-state index in [0.717, 1.165) is 11.4 Å². The summed E-state index contributed by atoms with van der Waals surface area (Å²) in [5, 5.41) is 2.90. The van der Waals surface area contributed by atoms with Gasteiger partial charge in [0, 0.05) is 32.1 Å². The lowest BCUT2D eigenvalue weighted by molar-refractivity contribution is 1.02. The van der Waals surface area contributed by atoms with Crippen molar-refractivity contribution >= 4 is 17.5 Å². The van der Waals surface area contributed by atoms with Crippen molar-refractivity contribution < 1.29 is 0 Å². The normalized spacial score (nSPS) is 10.2. The molecule has 0 spiro atoms. The number of hydrogen-bond acceptors (Lipinski definition) is 5. The molecule has 0 atom stereocenters. The number of anilines is 3. The first-order chi connectivity index (χ1) is 8.58. The fourth-order valence-corrected chi connectivity index (χ4v) is 1.59. The Morgan fingerprint density at radius 2 is 2.17 bits per heavy atom. The highest BCUT2D eigenvalue weighted by atomic mass is 16.1. The predicted molar refractivity (Wildman–Crippen MR) is 71.4 cm³/mol. The Balaban J connectivity index is 2.33. The number of nitrogens with zero attached hydrogens (tertiary/aromatic N) is 3. The van der Waals surface area contributed by atoms with Crippen LogP contribution >= 0.6 is 0 Å². The largest absolute Gasteiger partial charge is 0.362 e. The number of aromatic nitrogens is 3. The van der Waals surface area contributed by atoms with E-state index in [9.17, 15) is 4.79 Å². The first kappa shape index (κ1) is 12.1. The molecule has 2 N–H and O–H groups in total. The Hall–Kier alpha value is -2.37.